The number of nitrogens with zero attached hydrogens (tertiary/aromatic N) is 1. The second kappa shape index (κ2) is 5.56. The summed E-state index contributed by atoms with van der Waals surface area (Å²) < 4.78 is 5.21. The van der Waals surface area contributed by atoms with Gasteiger partial charge in [-0.2, -0.15) is 0 Å². The number of hydrogen-bond donors (Lipinski definition) is 1. The quantitative estimate of drug-likeness (QED) is 0.713. The molecule has 4 nitrogen and oxygen atoms in total. The topological polar surface area (TPSA) is 53.7 Å². The van der Waals surface area contributed by atoms with Gasteiger partial charge in [0.25, 0.3) is 0 Å². The van der Waals surface area contributed by atoms with Crippen LogP contribution in [0.2, 0.25) is 5.02 Å². The minimum atomic E-state index is -0.431. The van der Waals surface area contributed by atoms with Gasteiger partial charge in [0.1, 0.15) is 11.3 Å². The monoisotopic (exact) mass is 341 g/mol. The predicted octanol–water partition coefficient (Wildman–Crippen LogP) is 4.10. The summed E-state index contributed by atoms with van der Waals surface area (Å²) in [5.41, 5.74) is 3.26. The molecule has 0 amide bonds. The Balaban J connectivity index is 1.83. The maximum atomic E-state index is 11.9. The lowest BCUT2D eigenvalue weighted by molar-refractivity contribution is 0.473. The fourth-order valence-electron chi connectivity index (χ4n) is 3.42. The molecule has 3 aromatic rings. The number of phenols is 1. The molecule has 5 heteroatoms. The fourth-order valence-corrected chi connectivity index (χ4v) is 3.58. The van der Waals surface area contributed by atoms with Gasteiger partial charge in [0.05, 0.1) is 5.02 Å². The Morgan fingerprint density at radius 3 is 2.92 bits per heavy atom. The van der Waals surface area contributed by atoms with E-state index in [1.54, 1.807) is 6.07 Å². The van der Waals surface area contributed by atoms with Crippen LogP contribution >= 0.6 is 11.6 Å². The molecule has 0 radical (unpaired) electrons. The molecule has 0 saturated carbocycles. The Hall–Kier alpha value is -2.46. The highest BCUT2D eigenvalue weighted by Gasteiger charge is 2.26. The lowest BCUT2D eigenvalue weighted by atomic mass is 10.1. The Labute approximate surface area is 143 Å². The fraction of sp³-hybridized carbons (Fsp3) is 0.211. The molecule has 24 heavy (non-hydrogen) atoms. The van der Waals surface area contributed by atoms with Crippen molar-refractivity contribution < 1.29 is 9.52 Å². The van der Waals surface area contributed by atoms with Crippen LogP contribution in [0.4, 0.5) is 5.69 Å². The van der Waals surface area contributed by atoms with Gasteiger partial charge in [0.15, 0.2) is 0 Å². The Morgan fingerprint density at radius 1 is 1.29 bits per heavy atom. The number of halogens is 1. The van der Waals surface area contributed by atoms with E-state index in [0.29, 0.717) is 18.2 Å². The normalized spacial score (nSPS) is 16.6. The van der Waals surface area contributed by atoms with E-state index in [2.05, 4.69) is 24.0 Å². The summed E-state index contributed by atoms with van der Waals surface area (Å²) in [6.07, 6.45) is 0.983. The van der Waals surface area contributed by atoms with Gasteiger partial charge in [0, 0.05) is 35.8 Å². The van der Waals surface area contributed by atoms with Crippen molar-refractivity contribution in [1.82, 2.24) is 0 Å². The van der Waals surface area contributed by atoms with Crippen LogP contribution in [0.3, 0.4) is 0 Å². The second-order valence-electron chi connectivity index (χ2n) is 6.20. The molecule has 2 aromatic carbocycles. The molecular formula is C19H16ClNO3. The van der Waals surface area contributed by atoms with Crippen LogP contribution in [-0.2, 0) is 13.0 Å². The summed E-state index contributed by atoms with van der Waals surface area (Å²) in [5, 5.41) is 10.7. The van der Waals surface area contributed by atoms with Gasteiger partial charge in [-0.05, 0) is 36.6 Å². The third kappa shape index (κ3) is 2.43. The van der Waals surface area contributed by atoms with Gasteiger partial charge in [-0.1, -0.05) is 29.8 Å². The molecule has 0 aliphatic carbocycles. The van der Waals surface area contributed by atoms with Crippen molar-refractivity contribution in [1.29, 1.82) is 0 Å². The first kappa shape index (κ1) is 15.1. The van der Waals surface area contributed by atoms with Gasteiger partial charge in [-0.25, -0.2) is 4.79 Å². The van der Waals surface area contributed by atoms with E-state index in [9.17, 15) is 9.90 Å². The van der Waals surface area contributed by atoms with E-state index in [1.807, 2.05) is 12.1 Å². The van der Waals surface area contributed by atoms with E-state index < -0.39 is 5.63 Å². The maximum Gasteiger partial charge on any atom is 0.336 e. The third-order valence-electron chi connectivity index (χ3n) is 4.59. The number of anilines is 1. The summed E-state index contributed by atoms with van der Waals surface area (Å²) in [4.78, 5) is 14.2. The highest BCUT2D eigenvalue weighted by molar-refractivity contribution is 6.32. The number of para-hydroxylation sites is 1. The molecule has 0 bridgehead atoms. The number of rotatable bonds is 2. The molecule has 0 fully saturated rings. The van der Waals surface area contributed by atoms with Gasteiger partial charge >= 0.3 is 5.63 Å². The molecule has 2 heterocycles. The van der Waals surface area contributed by atoms with Crippen molar-refractivity contribution in [3.63, 3.8) is 0 Å². The first-order valence-electron chi connectivity index (χ1n) is 7.83. The molecule has 1 aromatic heterocycles. The molecule has 1 unspecified atom stereocenters. The van der Waals surface area contributed by atoms with E-state index in [-0.39, 0.29) is 10.8 Å². The smallest absolute Gasteiger partial charge is 0.336 e. The average Bonchev–Trinajstić information content (AvgIpc) is 2.85. The van der Waals surface area contributed by atoms with E-state index in [0.717, 1.165) is 17.4 Å². The van der Waals surface area contributed by atoms with Crippen molar-refractivity contribution in [3.05, 3.63) is 69.0 Å². The number of benzene rings is 2. The highest BCUT2D eigenvalue weighted by Crippen LogP contribution is 2.35. The van der Waals surface area contributed by atoms with Crippen LogP contribution in [0.25, 0.3) is 11.0 Å². The molecule has 122 valence electrons. The van der Waals surface area contributed by atoms with Crippen molar-refractivity contribution in [2.75, 3.05) is 4.90 Å². The van der Waals surface area contributed by atoms with E-state index >= 15 is 0 Å². The number of phenolic OH excluding ortho intramolecular Hbond substituents is 1. The minimum Gasteiger partial charge on any atom is -0.506 e. The summed E-state index contributed by atoms with van der Waals surface area (Å²) in [5.74, 6) is -0.0932. The molecule has 0 spiro atoms. The van der Waals surface area contributed by atoms with Crippen LogP contribution in [0, 0.1) is 0 Å². The molecular weight excluding hydrogens is 326 g/mol. The minimum absolute atomic E-state index is 0.0932. The van der Waals surface area contributed by atoms with Crippen molar-refractivity contribution in [3.8, 4) is 5.75 Å². The first-order valence-corrected chi connectivity index (χ1v) is 8.20. The summed E-state index contributed by atoms with van der Waals surface area (Å²) >= 11 is 6.04. The summed E-state index contributed by atoms with van der Waals surface area (Å²) in [6, 6.07) is 13.2. The lowest BCUT2D eigenvalue weighted by Gasteiger charge is -2.25. The largest absolute Gasteiger partial charge is 0.506 e. The van der Waals surface area contributed by atoms with E-state index in [1.165, 1.54) is 23.4 Å². The van der Waals surface area contributed by atoms with Crippen LogP contribution < -0.4 is 10.5 Å². The van der Waals surface area contributed by atoms with Crippen molar-refractivity contribution in [2.24, 2.45) is 0 Å². The molecule has 1 atom stereocenters. The highest BCUT2D eigenvalue weighted by atomic mass is 35.5. The Kier molecular flexibility index (Phi) is 3.50. The Bertz CT molecular complexity index is 996. The van der Waals surface area contributed by atoms with Gasteiger partial charge in [-0.15, -0.1) is 0 Å². The number of aromatic hydroxyl groups is 1. The summed E-state index contributed by atoms with van der Waals surface area (Å²) in [7, 11) is 0. The molecule has 1 aliphatic rings. The zero-order chi connectivity index (χ0) is 16.8. The van der Waals surface area contributed by atoms with Gasteiger partial charge in [-0.3, -0.25) is 0 Å². The molecule has 1 N–H and O–H groups in total. The van der Waals surface area contributed by atoms with E-state index in [4.69, 9.17) is 16.0 Å². The van der Waals surface area contributed by atoms with Crippen LogP contribution in [0.5, 0.6) is 5.75 Å². The predicted molar refractivity (Wildman–Crippen MR) is 94.9 cm³/mol. The van der Waals surface area contributed by atoms with Crippen LogP contribution in [-0.4, -0.2) is 11.1 Å². The zero-order valence-corrected chi connectivity index (χ0v) is 13.9. The first-order chi connectivity index (χ1) is 11.5. The molecule has 4 rings (SSSR count). The zero-order valence-electron chi connectivity index (χ0n) is 13.1. The maximum absolute atomic E-state index is 11.9. The lowest BCUT2D eigenvalue weighted by Crippen LogP contribution is -2.29. The molecule has 1 aliphatic heterocycles. The van der Waals surface area contributed by atoms with Gasteiger partial charge < -0.3 is 14.4 Å². The summed E-state index contributed by atoms with van der Waals surface area (Å²) in [6.45, 7) is 2.76. The van der Waals surface area contributed by atoms with Crippen molar-refractivity contribution >= 4 is 28.3 Å². The second-order valence-corrected chi connectivity index (χ2v) is 6.61. The molecule has 0 saturated heterocycles. The van der Waals surface area contributed by atoms with Gasteiger partial charge in [0.2, 0.25) is 0 Å². The average molecular weight is 342 g/mol. The van der Waals surface area contributed by atoms with Crippen LogP contribution in [0.15, 0.2) is 51.7 Å². The number of hydrogen-bond acceptors (Lipinski definition) is 4. The van der Waals surface area contributed by atoms with Crippen LogP contribution in [0.1, 0.15) is 18.1 Å². The standard InChI is InChI=1S/C19H16ClNO3/c1-11-6-12-4-2-3-5-16(12)21(11)10-13-7-19(23)24-18-9-17(22)15(20)8-14(13)18/h2-5,7-9,11,22H,6,10H2,1H3. The Morgan fingerprint density at radius 2 is 2.08 bits per heavy atom. The SMILES string of the molecule is CC1Cc2ccccc2N1Cc1cc(=O)oc2cc(O)c(Cl)cc12. The number of fused-ring (bicyclic) bond motifs is 2. The van der Waals surface area contributed by atoms with Crippen molar-refractivity contribution in [2.45, 2.75) is 25.9 Å². The third-order valence-corrected chi connectivity index (χ3v) is 4.89.